The van der Waals surface area contributed by atoms with Gasteiger partial charge < -0.3 is 0 Å². The van der Waals surface area contributed by atoms with E-state index in [-0.39, 0.29) is 15.6 Å². The van der Waals surface area contributed by atoms with Gasteiger partial charge in [0.1, 0.15) is 0 Å². The molecule has 0 saturated heterocycles. The Hall–Kier alpha value is -0.500. The fourth-order valence-electron chi connectivity index (χ4n) is 0.950. The van der Waals surface area contributed by atoms with Crippen LogP contribution in [0.5, 0.6) is 0 Å². The average molecular weight is 308 g/mol. The van der Waals surface area contributed by atoms with E-state index >= 15 is 0 Å². The Morgan fingerprint density at radius 3 is 2.06 bits per heavy atom. The van der Waals surface area contributed by atoms with E-state index in [1.165, 1.54) is 22.9 Å². The van der Waals surface area contributed by atoms with E-state index in [0.29, 0.717) is 0 Å². The van der Waals surface area contributed by atoms with Gasteiger partial charge in [0, 0.05) is 22.2 Å². The molecule has 0 bridgehead atoms. The van der Waals surface area contributed by atoms with Gasteiger partial charge in [-0.15, -0.1) is 0 Å². The third kappa shape index (κ3) is 3.48. The second kappa shape index (κ2) is 5.01. The first kappa shape index (κ1) is 14.6. The van der Waals surface area contributed by atoms with Crippen LogP contribution in [0.25, 0.3) is 0 Å². The topological polar surface area (TPSA) is 46.2 Å². The molecule has 1 aromatic rings. The van der Waals surface area contributed by atoms with Crippen LogP contribution in [-0.4, -0.2) is 13.9 Å². The van der Waals surface area contributed by atoms with E-state index < -0.39 is 22.1 Å². The fraction of sp³-hybridized carbons (Fsp3) is 0.250. The number of hydrogen-bond donors (Lipinski definition) is 1. The van der Waals surface area contributed by atoms with Crippen molar-refractivity contribution >= 4 is 33.2 Å². The molecule has 1 N–H and O–H groups in total. The summed E-state index contributed by atoms with van der Waals surface area (Å²) in [5, 5.41) is 0.171. The van der Waals surface area contributed by atoms with Crippen molar-refractivity contribution in [1.82, 2.24) is 4.72 Å². The molecule has 3 nitrogen and oxygen atoms in total. The van der Waals surface area contributed by atoms with Crippen molar-refractivity contribution < 1.29 is 21.6 Å². The highest BCUT2D eigenvalue weighted by Crippen LogP contribution is 2.26. The molecular weight excluding hydrogens is 302 g/mol. The molecule has 0 aliphatic carbocycles. The molecule has 0 fully saturated rings. The Bertz CT molecular complexity index is 496. The van der Waals surface area contributed by atoms with Gasteiger partial charge in [0.05, 0.1) is 0 Å². The highest BCUT2D eigenvalue weighted by atomic mass is 35.5. The summed E-state index contributed by atoms with van der Waals surface area (Å²) in [6.45, 7) is -0.625. The van der Waals surface area contributed by atoms with Crippen molar-refractivity contribution in [2.24, 2.45) is 0 Å². The lowest BCUT2D eigenvalue weighted by Gasteiger charge is -2.11. The first-order valence-corrected chi connectivity index (χ1v) is 6.38. The van der Waals surface area contributed by atoms with Crippen molar-refractivity contribution in [2.75, 3.05) is 0 Å². The van der Waals surface area contributed by atoms with Crippen LogP contribution < -0.4 is 4.72 Å². The summed E-state index contributed by atoms with van der Waals surface area (Å²) in [6, 6.07) is 4.28. The lowest BCUT2D eigenvalue weighted by Crippen LogP contribution is -2.36. The summed E-state index contributed by atoms with van der Waals surface area (Å²) >= 11 is 11.3. The third-order valence-electron chi connectivity index (χ3n) is 1.81. The fourth-order valence-corrected chi connectivity index (χ4v) is 1.98. The number of sulfonamides is 1. The first-order valence-electron chi connectivity index (χ1n) is 4.14. The van der Waals surface area contributed by atoms with Crippen molar-refractivity contribution in [2.45, 2.75) is 12.1 Å². The summed E-state index contributed by atoms with van der Waals surface area (Å²) in [7, 11) is -5.40. The van der Waals surface area contributed by atoms with Gasteiger partial charge in [0.25, 0.3) is 0 Å². The van der Waals surface area contributed by atoms with Crippen LogP contribution in [0.2, 0.25) is 10.0 Å². The minimum atomic E-state index is -5.40. The predicted molar refractivity (Wildman–Crippen MR) is 58.3 cm³/mol. The lowest BCUT2D eigenvalue weighted by atomic mass is 10.2. The Morgan fingerprint density at radius 1 is 1.18 bits per heavy atom. The van der Waals surface area contributed by atoms with Crippen LogP contribution in [0.15, 0.2) is 18.2 Å². The molecule has 0 radical (unpaired) electrons. The van der Waals surface area contributed by atoms with Gasteiger partial charge in [-0.3, -0.25) is 0 Å². The van der Waals surface area contributed by atoms with E-state index in [1.54, 1.807) is 0 Å². The summed E-state index contributed by atoms with van der Waals surface area (Å²) < 4.78 is 58.9. The van der Waals surface area contributed by atoms with Crippen molar-refractivity contribution in [1.29, 1.82) is 0 Å². The molecule has 96 valence electrons. The zero-order valence-corrected chi connectivity index (χ0v) is 10.4. The normalized spacial score (nSPS) is 12.8. The van der Waals surface area contributed by atoms with Gasteiger partial charge in [-0.2, -0.15) is 13.2 Å². The predicted octanol–water partition coefficient (Wildman–Crippen LogP) is 2.93. The standard InChI is InChI=1S/C8H6Cl2F3NO2S/c9-6-2-1-3-7(10)5(6)4-14-17(15,16)8(11,12)13/h1-3,14H,4H2. The van der Waals surface area contributed by atoms with Crippen LogP contribution in [0.3, 0.4) is 0 Å². The number of hydrogen-bond acceptors (Lipinski definition) is 2. The molecular formula is C8H6Cl2F3NO2S. The van der Waals surface area contributed by atoms with Crippen LogP contribution in [0.1, 0.15) is 5.56 Å². The molecule has 1 aromatic carbocycles. The molecule has 0 heterocycles. The minimum absolute atomic E-state index is 0.0855. The second-order valence-corrected chi connectivity index (χ2v) is 5.54. The smallest absolute Gasteiger partial charge is 0.203 e. The van der Waals surface area contributed by atoms with E-state index in [4.69, 9.17) is 23.2 Å². The number of halogens is 5. The monoisotopic (exact) mass is 307 g/mol. The number of benzene rings is 1. The molecule has 0 spiro atoms. The van der Waals surface area contributed by atoms with Gasteiger partial charge in [0.2, 0.25) is 0 Å². The van der Waals surface area contributed by atoms with E-state index in [1.807, 2.05) is 0 Å². The molecule has 0 aliphatic heterocycles. The quantitative estimate of drug-likeness (QED) is 0.933. The molecule has 0 aromatic heterocycles. The Morgan fingerprint density at radius 2 is 1.65 bits per heavy atom. The highest BCUT2D eigenvalue weighted by Gasteiger charge is 2.45. The Labute approximate surface area is 106 Å². The zero-order valence-electron chi connectivity index (χ0n) is 8.05. The molecule has 0 aliphatic rings. The number of rotatable bonds is 3. The van der Waals surface area contributed by atoms with Crippen LogP contribution in [0.4, 0.5) is 13.2 Å². The average Bonchev–Trinajstić information content (AvgIpc) is 2.15. The lowest BCUT2D eigenvalue weighted by molar-refractivity contribution is -0.0448. The molecule has 1 rings (SSSR count). The summed E-state index contributed by atoms with van der Waals surface area (Å²) in [5.41, 5.74) is -5.27. The Balaban J connectivity index is 2.89. The molecule has 0 saturated carbocycles. The van der Waals surface area contributed by atoms with Crippen molar-refractivity contribution in [3.63, 3.8) is 0 Å². The molecule has 0 amide bonds. The van der Waals surface area contributed by atoms with Gasteiger partial charge in [0.15, 0.2) is 0 Å². The summed E-state index contributed by atoms with van der Waals surface area (Å²) in [4.78, 5) is 0. The first-order chi connectivity index (χ1) is 7.65. The van der Waals surface area contributed by atoms with Crippen LogP contribution >= 0.6 is 23.2 Å². The molecule has 0 unspecified atom stereocenters. The van der Waals surface area contributed by atoms with Crippen molar-refractivity contribution in [3.05, 3.63) is 33.8 Å². The maximum atomic E-state index is 12.0. The van der Waals surface area contributed by atoms with E-state index in [2.05, 4.69) is 0 Å². The maximum Gasteiger partial charge on any atom is 0.511 e. The third-order valence-corrected chi connectivity index (χ3v) is 3.65. The van der Waals surface area contributed by atoms with Gasteiger partial charge in [-0.25, -0.2) is 13.1 Å². The molecule has 17 heavy (non-hydrogen) atoms. The number of nitrogens with one attached hydrogen (secondary N) is 1. The van der Waals surface area contributed by atoms with Crippen LogP contribution in [0, 0.1) is 0 Å². The van der Waals surface area contributed by atoms with Crippen LogP contribution in [-0.2, 0) is 16.6 Å². The zero-order chi connectivity index (χ0) is 13.3. The van der Waals surface area contributed by atoms with Gasteiger partial charge >= 0.3 is 15.5 Å². The minimum Gasteiger partial charge on any atom is -0.203 e. The summed E-state index contributed by atoms with van der Waals surface area (Å²) in [6.07, 6.45) is 0. The Kier molecular flexibility index (Phi) is 4.29. The summed E-state index contributed by atoms with van der Waals surface area (Å²) in [5.74, 6) is 0. The van der Waals surface area contributed by atoms with E-state index in [9.17, 15) is 21.6 Å². The van der Waals surface area contributed by atoms with Gasteiger partial charge in [-0.1, -0.05) is 29.3 Å². The van der Waals surface area contributed by atoms with Gasteiger partial charge in [-0.05, 0) is 12.1 Å². The number of alkyl halides is 3. The molecule has 9 heteroatoms. The largest absolute Gasteiger partial charge is 0.511 e. The second-order valence-electron chi connectivity index (χ2n) is 2.97. The highest BCUT2D eigenvalue weighted by molar-refractivity contribution is 7.90. The molecule has 0 atom stereocenters. The van der Waals surface area contributed by atoms with E-state index in [0.717, 1.165) is 0 Å². The van der Waals surface area contributed by atoms with Crippen molar-refractivity contribution in [3.8, 4) is 0 Å². The maximum absolute atomic E-state index is 12.0. The SMILES string of the molecule is O=S(=O)(NCc1c(Cl)cccc1Cl)C(F)(F)F.